The van der Waals surface area contributed by atoms with Crippen molar-refractivity contribution in [3.63, 3.8) is 0 Å². The molecule has 1 N–H and O–H groups in total. The fourth-order valence-corrected chi connectivity index (χ4v) is 2.39. The van der Waals surface area contributed by atoms with Gasteiger partial charge in [-0.3, -0.25) is 0 Å². The van der Waals surface area contributed by atoms with Crippen LogP contribution in [0.5, 0.6) is 11.5 Å². The predicted molar refractivity (Wildman–Crippen MR) is 89.1 cm³/mol. The van der Waals surface area contributed by atoms with Crippen molar-refractivity contribution in [1.29, 1.82) is 0 Å². The zero-order valence-electron chi connectivity index (χ0n) is 13.3. The summed E-state index contributed by atoms with van der Waals surface area (Å²) >= 11 is 0. The maximum absolute atomic E-state index is 11.3. The second-order valence-electron chi connectivity index (χ2n) is 5.06. The van der Waals surface area contributed by atoms with E-state index in [0.717, 1.165) is 11.3 Å². The minimum Gasteiger partial charge on any atom is -0.497 e. The Kier molecular flexibility index (Phi) is 4.20. The minimum atomic E-state index is -1.08. The number of carboxylic acid groups (broad SMARTS) is 1. The molecule has 0 saturated carbocycles. The number of ether oxygens (including phenoxy) is 2. The van der Waals surface area contributed by atoms with Gasteiger partial charge in [0, 0.05) is 11.6 Å². The Morgan fingerprint density at radius 1 is 1.00 bits per heavy atom. The van der Waals surface area contributed by atoms with E-state index in [-0.39, 0.29) is 5.69 Å². The van der Waals surface area contributed by atoms with E-state index in [4.69, 9.17) is 9.47 Å². The number of aromatic nitrogens is 2. The predicted octanol–water partition coefficient (Wildman–Crippen LogP) is 3.25. The van der Waals surface area contributed by atoms with Gasteiger partial charge in [0.05, 0.1) is 25.6 Å². The standard InChI is InChI=1S/C18H16N2O4/c1-23-14-8-6-12(7-9-14)17-11-16(18(21)22)19-20(17)13-4-3-5-15(10-13)24-2/h3-11H,1-2H3,(H,21,22). The maximum Gasteiger partial charge on any atom is 0.356 e. The van der Waals surface area contributed by atoms with Crippen LogP contribution >= 0.6 is 0 Å². The van der Waals surface area contributed by atoms with Crippen molar-refractivity contribution in [2.24, 2.45) is 0 Å². The number of carbonyl (C=O) groups is 1. The van der Waals surface area contributed by atoms with Gasteiger partial charge in [0.25, 0.3) is 0 Å². The highest BCUT2D eigenvalue weighted by Crippen LogP contribution is 2.27. The molecule has 1 aromatic heterocycles. The Morgan fingerprint density at radius 2 is 1.71 bits per heavy atom. The van der Waals surface area contributed by atoms with Gasteiger partial charge in [-0.2, -0.15) is 5.10 Å². The van der Waals surface area contributed by atoms with E-state index in [9.17, 15) is 9.90 Å². The van der Waals surface area contributed by atoms with Gasteiger partial charge >= 0.3 is 5.97 Å². The first kappa shape index (κ1) is 15.6. The summed E-state index contributed by atoms with van der Waals surface area (Å²) in [5.41, 5.74) is 2.19. The first-order chi connectivity index (χ1) is 11.6. The average molecular weight is 324 g/mol. The molecule has 0 fully saturated rings. The normalized spacial score (nSPS) is 10.4. The zero-order chi connectivity index (χ0) is 17.1. The number of nitrogens with zero attached hydrogens (tertiary/aromatic N) is 2. The summed E-state index contributed by atoms with van der Waals surface area (Å²) in [6.45, 7) is 0. The van der Waals surface area contributed by atoms with Crippen molar-refractivity contribution in [2.45, 2.75) is 0 Å². The summed E-state index contributed by atoms with van der Waals surface area (Å²) in [6, 6.07) is 16.2. The quantitative estimate of drug-likeness (QED) is 0.780. The molecular weight excluding hydrogens is 308 g/mol. The molecule has 6 heteroatoms. The topological polar surface area (TPSA) is 73.6 Å². The Balaban J connectivity index is 2.14. The van der Waals surface area contributed by atoms with Gasteiger partial charge in [-0.15, -0.1) is 0 Å². The molecule has 0 amide bonds. The third-order valence-electron chi connectivity index (χ3n) is 3.61. The smallest absolute Gasteiger partial charge is 0.356 e. The van der Waals surface area contributed by atoms with Crippen LogP contribution in [0.1, 0.15) is 10.5 Å². The van der Waals surface area contributed by atoms with Gasteiger partial charge in [0.2, 0.25) is 0 Å². The van der Waals surface area contributed by atoms with Crippen molar-refractivity contribution < 1.29 is 19.4 Å². The lowest BCUT2D eigenvalue weighted by Crippen LogP contribution is -2.02. The van der Waals surface area contributed by atoms with Crippen molar-refractivity contribution in [3.05, 3.63) is 60.3 Å². The lowest BCUT2D eigenvalue weighted by atomic mass is 10.1. The molecule has 6 nitrogen and oxygen atoms in total. The maximum atomic E-state index is 11.3. The van der Waals surface area contributed by atoms with Crippen LogP contribution in [-0.2, 0) is 0 Å². The fraction of sp³-hybridized carbons (Fsp3) is 0.111. The third-order valence-corrected chi connectivity index (χ3v) is 3.61. The van der Waals surface area contributed by atoms with E-state index in [0.29, 0.717) is 17.1 Å². The van der Waals surface area contributed by atoms with Crippen molar-refractivity contribution >= 4 is 5.97 Å². The molecule has 0 aliphatic rings. The van der Waals surface area contributed by atoms with Crippen LogP contribution in [0.3, 0.4) is 0 Å². The Morgan fingerprint density at radius 3 is 2.33 bits per heavy atom. The summed E-state index contributed by atoms with van der Waals surface area (Å²) in [6.07, 6.45) is 0. The summed E-state index contributed by atoms with van der Waals surface area (Å²) in [4.78, 5) is 11.3. The molecule has 0 atom stereocenters. The molecule has 24 heavy (non-hydrogen) atoms. The van der Waals surface area contributed by atoms with Crippen molar-refractivity contribution in [3.8, 4) is 28.4 Å². The van der Waals surface area contributed by atoms with E-state index < -0.39 is 5.97 Å². The Bertz CT molecular complexity index is 869. The van der Waals surface area contributed by atoms with Crippen LogP contribution in [0.15, 0.2) is 54.6 Å². The molecule has 122 valence electrons. The van der Waals surface area contributed by atoms with Crippen molar-refractivity contribution in [2.75, 3.05) is 14.2 Å². The molecule has 1 heterocycles. The second kappa shape index (κ2) is 6.45. The van der Waals surface area contributed by atoms with Gasteiger partial charge in [0.15, 0.2) is 5.69 Å². The summed E-state index contributed by atoms with van der Waals surface area (Å²) in [7, 11) is 3.17. The number of benzene rings is 2. The molecule has 2 aromatic carbocycles. The molecular formula is C18H16N2O4. The second-order valence-corrected chi connectivity index (χ2v) is 5.06. The summed E-state index contributed by atoms with van der Waals surface area (Å²) in [5, 5.41) is 13.5. The van der Waals surface area contributed by atoms with Crippen LogP contribution in [-0.4, -0.2) is 35.1 Å². The average Bonchev–Trinajstić information content (AvgIpc) is 3.07. The van der Waals surface area contributed by atoms with Crippen LogP contribution in [0.2, 0.25) is 0 Å². The van der Waals surface area contributed by atoms with Gasteiger partial charge < -0.3 is 14.6 Å². The first-order valence-corrected chi connectivity index (χ1v) is 7.24. The highest BCUT2D eigenvalue weighted by atomic mass is 16.5. The monoisotopic (exact) mass is 324 g/mol. The van der Waals surface area contributed by atoms with Crippen LogP contribution < -0.4 is 9.47 Å². The Labute approximate surface area is 138 Å². The van der Waals surface area contributed by atoms with Crippen molar-refractivity contribution in [1.82, 2.24) is 9.78 Å². The van der Waals surface area contributed by atoms with Crippen LogP contribution in [0.4, 0.5) is 0 Å². The zero-order valence-corrected chi connectivity index (χ0v) is 13.3. The summed E-state index contributed by atoms with van der Waals surface area (Å²) in [5.74, 6) is 0.316. The third kappa shape index (κ3) is 2.94. The van der Waals surface area contributed by atoms with E-state index in [1.807, 2.05) is 42.5 Å². The van der Waals surface area contributed by atoms with E-state index in [2.05, 4.69) is 5.10 Å². The lowest BCUT2D eigenvalue weighted by Gasteiger charge is -2.09. The Hall–Kier alpha value is -3.28. The fourth-order valence-electron chi connectivity index (χ4n) is 2.39. The van der Waals surface area contributed by atoms with Crippen LogP contribution in [0.25, 0.3) is 16.9 Å². The highest BCUT2D eigenvalue weighted by molar-refractivity contribution is 5.87. The molecule has 0 spiro atoms. The van der Waals surface area contributed by atoms with Crippen LogP contribution in [0, 0.1) is 0 Å². The van der Waals surface area contributed by atoms with Gasteiger partial charge in [-0.1, -0.05) is 6.07 Å². The van der Waals surface area contributed by atoms with Gasteiger partial charge in [-0.05, 0) is 42.5 Å². The van der Waals surface area contributed by atoms with E-state index in [1.54, 1.807) is 31.0 Å². The van der Waals surface area contributed by atoms with Gasteiger partial charge in [-0.25, -0.2) is 9.48 Å². The molecule has 0 unspecified atom stereocenters. The largest absolute Gasteiger partial charge is 0.497 e. The summed E-state index contributed by atoms with van der Waals surface area (Å²) < 4.78 is 12.0. The van der Waals surface area contributed by atoms with E-state index >= 15 is 0 Å². The number of hydrogen-bond donors (Lipinski definition) is 1. The number of aromatic carboxylic acids is 1. The molecule has 0 radical (unpaired) electrons. The lowest BCUT2D eigenvalue weighted by molar-refractivity contribution is 0.0690. The van der Waals surface area contributed by atoms with Gasteiger partial charge in [0.1, 0.15) is 11.5 Å². The molecule has 0 saturated heterocycles. The molecule has 0 aliphatic carbocycles. The first-order valence-electron chi connectivity index (χ1n) is 7.24. The minimum absolute atomic E-state index is 0.0244. The molecule has 3 rings (SSSR count). The molecule has 0 bridgehead atoms. The number of rotatable bonds is 5. The molecule has 3 aromatic rings. The number of methoxy groups -OCH3 is 2. The highest BCUT2D eigenvalue weighted by Gasteiger charge is 2.16. The van der Waals surface area contributed by atoms with E-state index in [1.165, 1.54) is 0 Å². The molecule has 0 aliphatic heterocycles. The number of carboxylic acids is 1. The SMILES string of the molecule is COc1ccc(-c2cc(C(=O)O)nn2-c2cccc(OC)c2)cc1. The number of hydrogen-bond acceptors (Lipinski definition) is 4.